The number of nitrogens with zero attached hydrogens (tertiary/aromatic N) is 1. The van der Waals surface area contributed by atoms with Crippen LogP contribution in [-0.4, -0.2) is 16.0 Å². The van der Waals surface area contributed by atoms with Crippen molar-refractivity contribution in [3.63, 3.8) is 0 Å². The summed E-state index contributed by atoms with van der Waals surface area (Å²) in [5.41, 5.74) is 6.70. The smallest absolute Gasteiger partial charge is 0.312 e. The minimum absolute atomic E-state index is 0.405. The van der Waals surface area contributed by atoms with Gasteiger partial charge in [0.05, 0.1) is 17.9 Å². The molecule has 0 bridgehead atoms. The van der Waals surface area contributed by atoms with Gasteiger partial charge in [0.15, 0.2) is 0 Å². The molecule has 0 aromatic carbocycles. The molecule has 0 aliphatic carbocycles. The Morgan fingerprint density at radius 2 is 2.33 bits per heavy atom. The maximum absolute atomic E-state index is 10.4. The van der Waals surface area contributed by atoms with Gasteiger partial charge in [0, 0.05) is 0 Å². The van der Waals surface area contributed by atoms with E-state index >= 15 is 0 Å². The van der Waals surface area contributed by atoms with Crippen molar-refractivity contribution >= 4 is 6.03 Å². The molecular weight excluding hydrogens is 156 g/mol. The molecule has 0 atom stereocenters. The summed E-state index contributed by atoms with van der Waals surface area (Å²) in [6.45, 7) is 4.14. The Balaban J connectivity index is 2.62. The number of carbonyl (C=O) groups excluding carboxylic acids is 1. The van der Waals surface area contributed by atoms with Gasteiger partial charge in [-0.05, 0) is 13.8 Å². The standard InChI is InChI=1S/C7H12N4O/c1-4-6(3-9-7(8)12)11-5(2)10-4/h3H2,1-2H3,(H,10,11)(H3,8,9,12). The van der Waals surface area contributed by atoms with Gasteiger partial charge in [-0.15, -0.1) is 0 Å². The summed E-state index contributed by atoms with van der Waals surface area (Å²) in [5, 5.41) is 2.48. The number of carbonyl (C=O) groups is 1. The number of nitrogens with two attached hydrogens (primary N) is 1. The van der Waals surface area contributed by atoms with E-state index in [1.165, 1.54) is 0 Å². The number of aryl methyl sites for hydroxylation is 2. The summed E-state index contributed by atoms with van der Waals surface area (Å²) >= 11 is 0. The van der Waals surface area contributed by atoms with Gasteiger partial charge in [0.2, 0.25) is 0 Å². The molecule has 0 saturated carbocycles. The van der Waals surface area contributed by atoms with E-state index in [9.17, 15) is 4.79 Å². The van der Waals surface area contributed by atoms with Crippen LogP contribution in [0.2, 0.25) is 0 Å². The van der Waals surface area contributed by atoms with E-state index in [2.05, 4.69) is 15.3 Å². The fourth-order valence-electron chi connectivity index (χ4n) is 1.00. The van der Waals surface area contributed by atoms with E-state index in [0.717, 1.165) is 17.2 Å². The van der Waals surface area contributed by atoms with E-state index in [4.69, 9.17) is 5.73 Å². The molecule has 1 rings (SSSR count). The fourth-order valence-corrected chi connectivity index (χ4v) is 1.00. The molecule has 0 radical (unpaired) electrons. The van der Waals surface area contributed by atoms with Gasteiger partial charge in [0.1, 0.15) is 5.82 Å². The highest BCUT2D eigenvalue weighted by molar-refractivity contribution is 5.71. The fraction of sp³-hybridized carbons (Fsp3) is 0.429. The predicted molar refractivity (Wildman–Crippen MR) is 44.5 cm³/mol. The molecule has 0 saturated heterocycles. The van der Waals surface area contributed by atoms with Crippen LogP contribution in [0.1, 0.15) is 17.2 Å². The lowest BCUT2D eigenvalue weighted by Gasteiger charge is -1.98. The lowest BCUT2D eigenvalue weighted by atomic mass is 10.3. The minimum atomic E-state index is -0.526. The molecule has 0 aliphatic rings. The van der Waals surface area contributed by atoms with Crippen LogP contribution in [-0.2, 0) is 6.54 Å². The van der Waals surface area contributed by atoms with Crippen LogP contribution in [0.15, 0.2) is 0 Å². The average molecular weight is 168 g/mol. The van der Waals surface area contributed by atoms with E-state index in [1.54, 1.807) is 0 Å². The van der Waals surface area contributed by atoms with Crippen LogP contribution in [0.4, 0.5) is 4.79 Å². The summed E-state index contributed by atoms with van der Waals surface area (Å²) in [6.07, 6.45) is 0. The third kappa shape index (κ3) is 1.98. The summed E-state index contributed by atoms with van der Waals surface area (Å²) in [7, 11) is 0. The minimum Gasteiger partial charge on any atom is -0.352 e. The SMILES string of the molecule is Cc1nc(C)c(CNC(N)=O)[nH]1. The Labute approximate surface area is 70.4 Å². The molecule has 4 N–H and O–H groups in total. The van der Waals surface area contributed by atoms with Crippen LogP contribution >= 0.6 is 0 Å². The van der Waals surface area contributed by atoms with E-state index < -0.39 is 6.03 Å². The van der Waals surface area contributed by atoms with Crippen LogP contribution < -0.4 is 11.1 Å². The van der Waals surface area contributed by atoms with Gasteiger partial charge >= 0.3 is 6.03 Å². The Morgan fingerprint density at radius 1 is 1.67 bits per heavy atom. The van der Waals surface area contributed by atoms with Crippen molar-refractivity contribution < 1.29 is 4.79 Å². The van der Waals surface area contributed by atoms with E-state index in [1.807, 2.05) is 13.8 Å². The molecule has 0 aliphatic heterocycles. The van der Waals surface area contributed by atoms with E-state index in [0.29, 0.717) is 6.54 Å². The van der Waals surface area contributed by atoms with Gasteiger partial charge in [-0.2, -0.15) is 0 Å². The monoisotopic (exact) mass is 168 g/mol. The van der Waals surface area contributed by atoms with Gasteiger partial charge in [-0.3, -0.25) is 0 Å². The van der Waals surface area contributed by atoms with Gasteiger partial charge in [0.25, 0.3) is 0 Å². The van der Waals surface area contributed by atoms with Gasteiger partial charge in [-0.1, -0.05) is 0 Å². The topological polar surface area (TPSA) is 83.8 Å². The first kappa shape index (κ1) is 8.58. The zero-order valence-electron chi connectivity index (χ0n) is 7.14. The highest BCUT2D eigenvalue weighted by Crippen LogP contribution is 2.02. The van der Waals surface area contributed by atoms with Crippen LogP contribution in [0.3, 0.4) is 0 Å². The zero-order valence-corrected chi connectivity index (χ0v) is 7.14. The molecule has 1 heterocycles. The van der Waals surface area contributed by atoms with Gasteiger partial charge in [-0.25, -0.2) is 9.78 Å². The molecule has 5 heteroatoms. The number of H-pyrrole nitrogens is 1. The third-order valence-corrected chi connectivity index (χ3v) is 1.54. The number of nitrogens with one attached hydrogen (secondary N) is 2. The number of amides is 2. The van der Waals surface area contributed by atoms with Crippen LogP contribution in [0.25, 0.3) is 0 Å². The van der Waals surface area contributed by atoms with E-state index in [-0.39, 0.29) is 0 Å². The number of aromatic amines is 1. The van der Waals surface area contributed by atoms with Crippen LogP contribution in [0, 0.1) is 13.8 Å². The molecule has 0 spiro atoms. The van der Waals surface area contributed by atoms with Crippen molar-refractivity contribution in [3.05, 3.63) is 17.2 Å². The Morgan fingerprint density at radius 3 is 2.75 bits per heavy atom. The largest absolute Gasteiger partial charge is 0.352 e. The van der Waals surface area contributed by atoms with Crippen molar-refractivity contribution in [2.24, 2.45) is 5.73 Å². The summed E-state index contributed by atoms with van der Waals surface area (Å²) in [6, 6.07) is -0.526. The predicted octanol–water partition coefficient (Wildman–Crippen LogP) is 0.195. The Bertz CT molecular complexity index is 292. The van der Waals surface area contributed by atoms with Gasteiger partial charge < -0.3 is 16.0 Å². The number of hydrogen-bond donors (Lipinski definition) is 3. The highest BCUT2D eigenvalue weighted by atomic mass is 16.2. The van der Waals surface area contributed by atoms with Crippen molar-refractivity contribution in [3.8, 4) is 0 Å². The number of rotatable bonds is 2. The van der Waals surface area contributed by atoms with Crippen molar-refractivity contribution in [1.82, 2.24) is 15.3 Å². The molecule has 1 aromatic heterocycles. The number of imidazole rings is 1. The molecule has 66 valence electrons. The first-order valence-corrected chi connectivity index (χ1v) is 3.65. The van der Waals surface area contributed by atoms with Crippen molar-refractivity contribution in [2.75, 3.05) is 0 Å². The quantitative estimate of drug-likeness (QED) is 0.589. The van der Waals surface area contributed by atoms with Crippen molar-refractivity contribution in [2.45, 2.75) is 20.4 Å². The molecule has 2 amide bonds. The maximum atomic E-state index is 10.4. The molecule has 12 heavy (non-hydrogen) atoms. The average Bonchev–Trinajstić information content (AvgIpc) is 2.26. The summed E-state index contributed by atoms with van der Waals surface area (Å²) in [5.74, 6) is 0.841. The number of hydrogen-bond acceptors (Lipinski definition) is 2. The summed E-state index contributed by atoms with van der Waals surface area (Å²) in [4.78, 5) is 17.5. The first-order chi connectivity index (χ1) is 5.59. The molecule has 5 nitrogen and oxygen atoms in total. The second-order valence-corrected chi connectivity index (χ2v) is 2.60. The molecular formula is C7H12N4O. The molecule has 0 unspecified atom stereocenters. The molecule has 1 aromatic rings. The molecule has 0 fully saturated rings. The highest BCUT2D eigenvalue weighted by Gasteiger charge is 2.03. The summed E-state index contributed by atoms with van der Waals surface area (Å²) < 4.78 is 0. The number of urea groups is 1. The second-order valence-electron chi connectivity index (χ2n) is 2.60. The first-order valence-electron chi connectivity index (χ1n) is 3.65. The number of primary amides is 1. The lowest BCUT2D eigenvalue weighted by Crippen LogP contribution is -2.29. The van der Waals surface area contributed by atoms with Crippen molar-refractivity contribution in [1.29, 1.82) is 0 Å². The Hall–Kier alpha value is -1.52. The second kappa shape index (κ2) is 3.25. The number of aromatic nitrogens is 2. The van der Waals surface area contributed by atoms with Crippen LogP contribution in [0.5, 0.6) is 0 Å². The maximum Gasteiger partial charge on any atom is 0.312 e. The lowest BCUT2D eigenvalue weighted by molar-refractivity contribution is 0.248. The Kier molecular flexibility index (Phi) is 2.32. The zero-order chi connectivity index (χ0) is 9.14. The third-order valence-electron chi connectivity index (χ3n) is 1.54. The normalized spacial score (nSPS) is 9.83.